The number of nitrogens with one attached hydrogen (secondary N) is 2. The Morgan fingerprint density at radius 2 is 2.11 bits per heavy atom. The highest BCUT2D eigenvalue weighted by molar-refractivity contribution is 7.98. The summed E-state index contributed by atoms with van der Waals surface area (Å²) in [6.07, 6.45) is 3.17. The van der Waals surface area contributed by atoms with Crippen molar-refractivity contribution >= 4 is 17.7 Å². The van der Waals surface area contributed by atoms with Crippen molar-refractivity contribution in [3.63, 3.8) is 0 Å². The van der Waals surface area contributed by atoms with Gasteiger partial charge in [-0.2, -0.15) is 11.8 Å². The summed E-state index contributed by atoms with van der Waals surface area (Å²) >= 11 is 1.82. The van der Waals surface area contributed by atoms with Crippen molar-refractivity contribution in [3.8, 4) is 0 Å². The maximum Gasteiger partial charge on any atom is 0.191 e. The van der Waals surface area contributed by atoms with Gasteiger partial charge < -0.3 is 10.6 Å². The largest absolute Gasteiger partial charge is 0.356 e. The van der Waals surface area contributed by atoms with Crippen LogP contribution >= 0.6 is 11.8 Å². The number of thioether (sulfide) groups is 1. The second kappa shape index (κ2) is 8.80. The summed E-state index contributed by atoms with van der Waals surface area (Å²) in [5.41, 5.74) is 0.643. The highest BCUT2D eigenvalue weighted by atomic mass is 32.2. The van der Waals surface area contributed by atoms with Crippen molar-refractivity contribution in [1.82, 2.24) is 10.6 Å². The maximum atomic E-state index is 13.4. The van der Waals surface area contributed by atoms with Gasteiger partial charge in [-0.25, -0.2) is 4.39 Å². The fraction of sp³-hybridized carbons (Fsp3) is 0.462. The fourth-order valence-electron chi connectivity index (χ4n) is 1.46. The zero-order valence-corrected chi connectivity index (χ0v) is 11.7. The van der Waals surface area contributed by atoms with Gasteiger partial charge in [0.05, 0.1) is 0 Å². The van der Waals surface area contributed by atoms with Crippen LogP contribution in [0.15, 0.2) is 29.3 Å². The molecular formula is C13H20FN3S. The number of aliphatic imine (C=N–C) groups is 1. The van der Waals surface area contributed by atoms with E-state index >= 15 is 0 Å². The second-order valence-corrected chi connectivity index (χ2v) is 4.78. The van der Waals surface area contributed by atoms with Crippen LogP contribution in [-0.4, -0.2) is 31.6 Å². The Bertz CT molecular complexity index is 382. The molecule has 0 spiro atoms. The van der Waals surface area contributed by atoms with Gasteiger partial charge in [-0.1, -0.05) is 18.2 Å². The summed E-state index contributed by atoms with van der Waals surface area (Å²) in [5, 5.41) is 6.29. The van der Waals surface area contributed by atoms with Crippen LogP contribution in [-0.2, 0) is 6.54 Å². The zero-order chi connectivity index (χ0) is 13.2. The Balaban J connectivity index is 2.34. The molecule has 1 rings (SSSR count). The van der Waals surface area contributed by atoms with Crippen LogP contribution in [0.1, 0.15) is 12.0 Å². The summed E-state index contributed by atoms with van der Waals surface area (Å²) < 4.78 is 13.4. The van der Waals surface area contributed by atoms with E-state index in [0.29, 0.717) is 18.1 Å². The molecule has 0 atom stereocenters. The topological polar surface area (TPSA) is 36.4 Å². The zero-order valence-electron chi connectivity index (χ0n) is 10.9. The van der Waals surface area contributed by atoms with E-state index < -0.39 is 0 Å². The lowest BCUT2D eigenvalue weighted by Gasteiger charge is -2.12. The molecule has 0 aliphatic rings. The van der Waals surface area contributed by atoms with E-state index in [4.69, 9.17) is 0 Å². The number of hydrogen-bond acceptors (Lipinski definition) is 2. The van der Waals surface area contributed by atoms with Gasteiger partial charge in [0.1, 0.15) is 5.82 Å². The highest BCUT2D eigenvalue weighted by Crippen LogP contribution is 2.05. The molecule has 0 aliphatic carbocycles. The van der Waals surface area contributed by atoms with Crippen molar-refractivity contribution in [3.05, 3.63) is 35.6 Å². The smallest absolute Gasteiger partial charge is 0.191 e. The highest BCUT2D eigenvalue weighted by Gasteiger charge is 2.01. The van der Waals surface area contributed by atoms with Crippen molar-refractivity contribution in [2.45, 2.75) is 13.0 Å². The van der Waals surface area contributed by atoms with E-state index in [1.54, 1.807) is 19.2 Å². The number of guanidine groups is 1. The monoisotopic (exact) mass is 269 g/mol. The third-order valence-electron chi connectivity index (χ3n) is 2.45. The normalized spacial score (nSPS) is 11.4. The predicted molar refractivity (Wildman–Crippen MR) is 77.6 cm³/mol. The summed E-state index contributed by atoms with van der Waals surface area (Å²) in [6, 6.07) is 6.75. The average molecular weight is 269 g/mol. The summed E-state index contributed by atoms with van der Waals surface area (Å²) in [7, 11) is 1.71. The molecule has 3 nitrogen and oxygen atoms in total. The van der Waals surface area contributed by atoms with E-state index in [2.05, 4.69) is 21.9 Å². The van der Waals surface area contributed by atoms with Crippen molar-refractivity contribution in [2.24, 2.45) is 4.99 Å². The quantitative estimate of drug-likeness (QED) is 0.472. The molecule has 0 aliphatic heterocycles. The van der Waals surface area contributed by atoms with Crippen LogP contribution in [0.25, 0.3) is 0 Å². The molecule has 5 heteroatoms. The molecular weight excluding hydrogens is 249 g/mol. The lowest BCUT2D eigenvalue weighted by atomic mass is 10.2. The van der Waals surface area contributed by atoms with E-state index in [1.807, 2.05) is 17.8 Å². The number of nitrogens with zero attached hydrogens (tertiary/aromatic N) is 1. The van der Waals surface area contributed by atoms with Crippen molar-refractivity contribution < 1.29 is 4.39 Å². The van der Waals surface area contributed by atoms with Gasteiger partial charge in [0.15, 0.2) is 5.96 Å². The first-order chi connectivity index (χ1) is 8.77. The number of halogens is 1. The van der Waals surface area contributed by atoms with Crippen LogP contribution in [0.3, 0.4) is 0 Å². The number of hydrogen-bond donors (Lipinski definition) is 2. The third kappa shape index (κ3) is 5.40. The first kappa shape index (κ1) is 14.8. The van der Waals surface area contributed by atoms with Gasteiger partial charge in [-0.3, -0.25) is 4.99 Å². The lowest BCUT2D eigenvalue weighted by molar-refractivity contribution is 0.604. The second-order valence-electron chi connectivity index (χ2n) is 3.79. The fourth-order valence-corrected chi connectivity index (χ4v) is 1.90. The third-order valence-corrected chi connectivity index (χ3v) is 3.14. The molecule has 2 N–H and O–H groups in total. The minimum absolute atomic E-state index is 0.192. The first-order valence-electron chi connectivity index (χ1n) is 5.94. The molecule has 0 fully saturated rings. The van der Waals surface area contributed by atoms with Gasteiger partial charge in [-0.15, -0.1) is 0 Å². The Morgan fingerprint density at radius 3 is 2.78 bits per heavy atom. The molecule has 0 heterocycles. The molecule has 18 heavy (non-hydrogen) atoms. The van der Waals surface area contributed by atoms with Gasteiger partial charge >= 0.3 is 0 Å². The molecule has 0 unspecified atom stereocenters. The van der Waals surface area contributed by atoms with E-state index in [1.165, 1.54) is 6.07 Å². The molecule has 0 bridgehead atoms. The number of rotatable bonds is 6. The van der Waals surface area contributed by atoms with Crippen molar-refractivity contribution in [1.29, 1.82) is 0 Å². The minimum Gasteiger partial charge on any atom is -0.356 e. The van der Waals surface area contributed by atoms with E-state index in [-0.39, 0.29) is 5.82 Å². The Morgan fingerprint density at radius 1 is 1.33 bits per heavy atom. The molecule has 1 aromatic rings. The lowest BCUT2D eigenvalue weighted by Crippen LogP contribution is -2.37. The van der Waals surface area contributed by atoms with Crippen LogP contribution in [0.2, 0.25) is 0 Å². The van der Waals surface area contributed by atoms with E-state index in [9.17, 15) is 4.39 Å². The molecule has 0 radical (unpaired) electrons. The molecule has 0 saturated heterocycles. The summed E-state index contributed by atoms with van der Waals surface area (Å²) in [5.74, 6) is 1.64. The van der Waals surface area contributed by atoms with Crippen LogP contribution in [0, 0.1) is 5.82 Å². The van der Waals surface area contributed by atoms with Gasteiger partial charge in [0.25, 0.3) is 0 Å². The standard InChI is InChI=1S/C13H20FN3S/c1-15-13(16-8-5-9-18-2)17-10-11-6-3-4-7-12(11)14/h3-4,6-7H,5,8-10H2,1-2H3,(H2,15,16,17). The van der Waals surface area contributed by atoms with Gasteiger partial charge in [0.2, 0.25) is 0 Å². The van der Waals surface area contributed by atoms with Gasteiger partial charge in [-0.05, 0) is 24.5 Å². The SMILES string of the molecule is CN=C(NCCCSC)NCc1ccccc1F. The molecule has 0 aromatic heterocycles. The average Bonchev–Trinajstić information content (AvgIpc) is 2.40. The van der Waals surface area contributed by atoms with Crippen LogP contribution in [0.4, 0.5) is 4.39 Å². The molecule has 1 aromatic carbocycles. The molecule has 0 amide bonds. The molecule has 0 saturated carbocycles. The molecule has 100 valence electrons. The van der Waals surface area contributed by atoms with Gasteiger partial charge in [0, 0.05) is 25.7 Å². The minimum atomic E-state index is -0.192. The van der Waals surface area contributed by atoms with Crippen LogP contribution in [0.5, 0.6) is 0 Å². The maximum absolute atomic E-state index is 13.4. The van der Waals surface area contributed by atoms with Crippen molar-refractivity contribution in [2.75, 3.05) is 25.6 Å². The van der Waals surface area contributed by atoms with Crippen LogP contribution < -0.4 is 10.6 Å². The predicted octanol–water partition coefficient (Wildman–Crippen LogP) is 2.24. The Kier molecular flexibility index (Phi) is 7.25. The first-order valence-corrected chi connectivity index (χ1v) is 7.34. The Hall–Kier alpha value is -1.23. The Labute approximate surface area is 112 Å². The van der Waals surface area contributed by atoms with E-state index in [0.717, 1.165) is 18.7 Å². The summed E-state index contributed by atoms with van der Waals surface area (Å²) in [6.45, 7) is 1.31. The number of benzene rings is 1. The summed E-state index contributed by atoms with van der Waals surface area (Å²) in [4.78, 5) is 4.10.